The molecule has 0 heterocycles. The number of unbranched alkanes of at least 4 members (excludes halogenated alkanes) is 2. The molecule has 1 aromatic carbocycles. The van der Waals surface area contributed by atoms with E-state index in [1.807, 2.05) is 6.07 Å². The van der Waals surface area contributed by atoms with Crippen molar-refractivity contribution >= 4 is 11.6 Å². The quantitative estimate of drug-likeness (QED) is 0.774. The molecule has 1 amide bonds. The van der Waals surface area contributed by atoms with Crippen LogP contribution in [0.4, 0.5) is 10.1 Å². The van der Waals surface area contributed by atoms with Gasteiger partial charge in [0.05, 0.1) is 11.6 Å². The van der Waals surface area contributed by atoms with Gasteiger partial charge in [0, 0.05) is 17.7 Å². The summed E-state index contributed by atoms with van der Waals surface area (Å²) < 4.78 is 13.5. The third-order valence-corrected chi connectivity index (χ3v) is 2.86. The third kappa shape index (κ3) is 4.68. The number of benzene rings is 1. The number of anilines is 1. The lowest BCUT2D eigenvalue weighted by molar-refractivity contribution is -0.116. The molecule has 4 nitrogen and oxygen atoms in total. The number of amides is 1. The minimum absolute atomic E-state index is 0.172. The van der Waals surface area contributed by atoms with Gasteiger partial charge in [-0.15, -0.1) is 0 Å². The number of hydrogen-bond acceptors (Lipinski definition) is 3. The molecular weight excluding hydrogens is 245 g/mol. The molecule has 0 unspecified atom stereocenters. The van der Waals surface area contributed by atoms with Crippen molar-refractivity contribution in [3.8, 4) is 6.07 Å². The first-order valence-corrected chi connectivity index (χ1v) is 6.28. The zero-order valence-electron chi connectivity index (χ0n) is 11.0. The van der Waals surface area contributed by atoms with E-state index in [-0.39, 0.29) is 11.5 Å². The minimum atomic E-state index is -0.488. The highest BCUT2D eigenvalue weighted by atomic mass is 19.1. The summed E-state index contributed by atoms with van der Waals surface area (Å²) in [7, 11) is 0. The summed E-state index contributed by atoms with van der Waals surface area (Å²) in [6, 6.07) is 4.50. The maximum Gasteiger partial charge on any atom is 0.224 e. The van der Waals surface area contributed by atoms with Crippen molar-refractivity contribution in [2.75, 3.05) is 11.9 Å². The van der Waals surface area contributed by atoms with E-state index in [1.54, 1.807) is 6.92 Å². The second-order valence-electron chi connectivity index (χ2n) is 4.39. The number of nitrogens with two attached hydrogens (primary N) is 1. The summed E-state index contributed by atoms with van der Waals surface area (Å²) >= 11 is 0. The number of nitrogens with one attached hydrogen (secondary N) is 1. The Labute approximate surface area is 112 Å². The second kappa shape index (κ2) is 7.49. The van der Waals surface area contributed by atoms with Crippen LogP contribution in [0.3, 0.4) is 0 Å². The number of hydrogen-bond donors (Lipinski definition) is 2. The Kier molecular flexibility index (Phi) is 5.97. The van der Waals surface area contributed by atoms with Crippen molar-refractivity contribution in [3.63, 3.8) is 0 Å². The van der Waals surface area contributed by atoms with Gasteiger partial charge in [0.1, 0.15) is 5.82 Å². The van der Waals surface area contributed by atoms with Gasteiger partial charge >= 0.3 is 0 Å². The zero-order valence-corrected chi connectivity index (χ0v) is 11.0. The van der Waals surface area contributed by atoms with Crippen LogP contribution < -0.4 is 11.1 Å². The standard InChI is InChI=1S/C14H18FN3O/c1-10-12(15)7-11(9-17)8-13(10)18-14(19)5-3-2-4-6-16/h7-8H,2-6,16H2,1H3,(H,18,19). The molecule has 0 aliphatic heterocycles. The van der Waals surface area contributed by atoms with Crippen molar-refractivity contribution in [1.82, 2.24) is 0 Å². The van der Waals surface area contributed by atoms with Crippen LogP contribution in [0.25, 0.3) is 0 Å². The van der Waals surface area contributed by atoms with Crippen molar-refractivity contribution in [2.45, 2.75) is 32.6 Å². The van der Waals surface area contributed by atoms with Crippen LogP contribution in [0.2, 0.25) is 0 Å². The number of carbonyl (C=O) groups is 1. The predicted octanol–water partition coefficient (Wildman–Crippen LogP) is 2.46. The van der Waals surface area contributed by atoms with E-state index >= 15 is 0 Å². The van der Waals surface area contributed by atoms with Crippen LogP contribution in [-0.4, -0.2) is 12.5 Å². The first kappa shape index (κ1) is 15.1. The lowest BCUT2D eigenvalue weighted by atomic mass is 10.1. The van der Waals surface area contributed by atoms with Crippen LogP contribution in [0, 0.1) is 24.1 Å². The molecule has 0 spiro atoms. The summed E-state index contributed by atoms with van der Waals surface area (Å²) in [6.07, 6.45) is 2.92. The van der Waals surface area contributed by atoms with Gasteiger partial charge in [0.15, 0.2) is 0 Å². The van der Waals surface area contributed by atoms with Crippen molar-refractivity contribution in [1.29, 1.82) is 5.26 Å². The van der Waals surface area contributed by atoms with E-state index in [2.05, 4.69) is 5.32 Å². The zero-order chi connectivity index (χ0) is 14.3. The van der Waals surface area contributed by atoms with E-state index in [4.69, 9.17) is 11.0 Å². The largest absolute Gasteiger partial charge is 0.330 e. The molecule has 0 radical (unpaired) electrons. The van der Waals surface area contributed by atoms with E-state index in [0.717, 1.165) is 25.3 Å². The summed E-state index contributed by atoms with van der Waals surface area (Å²) in [4.78, 5) is 11.7. The van der Waals surface area contributed by atoms with Gasteiger partial charge in [0.25, 0.3) is 0 Å². The fourth-order valence-corrected chi connectivity index (χ4v) is 1.69. The van der Waals surface area contributed by atoms with E-state index in [9.17, 15) is 9.18 Å². The second-order valence-corrected chi connectivity index (χ2v) is 4.39. The highest BCUT2D eigenvalue weighted by molar-refractivity contribution is 5.91. The van der Waals surface area contributed by atoms with E-state index < -0.39 is 5.82 Å². The molecule has 0 saturated heterocycles. The number of nitrogens with zero attached hydrogens (tertiary/aromatic N) is 1. The molecule has 0 saturated carbocycles. The summed E-state index contributed by atoms with van der Waals surface area (Å²) in [5.74, 6) is -0.660. The minimum Gasteiger partial charge on any atom is -0.330 e. The van der Waals surface area contributed by atoms with Gasteiger partial charge in [0.2, 0.25) is 5.91 Å². The summed E-state index contributed by atoms with van der Waals surface area (Å²) in [5, 5.41) is 11.4. The number of rotatable bonds is 6. The molecular formula is C14H18FN3O. The Bertz CT molecular complexity index is 494. The monoisotopic (exact) mass is 263 g/mol. The van der Waals surface area contributed by atoms with Gasteiger partial charge < -0.3 is 11.1 Å². The fourth-order valence-electron chi connectivity index (χ4n) is 1.69. The highest BCUT2D eigenvalue weighted by Crippen LogP contribution is 2.20. The SMILES string of the molecule is Cc1c(F)cc(C#N)cc1NC(=O)CCCCCN. The highest BCUT2D eigenvalue weighted by Gasteiger charge is 2.10. The molecule has 5 heteroatoms. The van der Waals surface area contributed by atoms with Crippen LogP contribution in [-0.2, 0) is 4.79 Å². The van der Waals surface area contributed by atoms with Crippen molar-refractivity contribution in [2.24, 2.45) is 5.73 Å². The summed E-state index contributed by atoms with van der Waals surface area (Å²) in [5.41, 5.74) is 6.26. The Morgan fingerprint density at radius 3 is 2.79 bits per heavy atom. The molecule has 1 aromatic rings. The topological polar surface area (TPSA) is 78.9 Å². The molecule has 0 aliphatic rings. The lowest BCUT2D eigenvalue weighted by Crippen LogP contribution is -2.13. The Morgan fingerprint density at radius 2 is 2.16 bits per heavy atom. The lowest BCUT2D eigenvalue weighted by Gasteiger charge is -2.09. The van der Waals surface area contributed by atoms with Gasteiger partial charge in [-0.05, 0) is 38.4 Å². The normalized spacial score (nSPS) is 10.0. The average molecular weight is 263 g/mol. The fraction of sp³-hybridized carbons (Fsp3) is 0.429. The molecule has 3 N–H and O–H groups in total. The first-order valence-electron chi connectivity index (χ1n) is 6.28. The number of halogens is 1. The third-order valence-electron chi connectivity index (χ3n) is 2.86. The molecule has 1 rings (SSSR count). The predicted molar refractivity (Wildman–Crippen MR) is 72.0 cm³/mol. The Morgan fingerprint density at radius 1 is 1.42 bits per heavy atom. The van der Waals surface area contributed by atoms with Gasteiger partial charge in [-0.1, -0.05) is 6.42 Å². The Balaban J connectivity index is 2.64. The molecule has 19 heavy (non-hydrogen) atoms. The smallest absolute Gasteiger partial charge is 0.224 e. The maximum absolute atomic E-state index is 13.5. The van der Waals surface area contributed by atoms with Crippen LogP contribution >= 0.6 is 0 Å². The van der Waals surface area contributed by atoms with E-state index in [0.29, 0.717) is 24.2 Å². The molecule has 0 atom stereocenters. The number of carbonyl (C=O) groups excluding carboxylic acids is 1. The van der Waals surface area contributed by atoms with Gasteiger partial charge in [-0.2, -0.15) is 5.26 Å². The number of nitriles is 1. The Hall–Kier alpha value is -1.93. The van der Waals surface area contributed by atoms with Gasteiger partial charge in [-0.25, -0.2) is 4.39 Å². The molecule has 0 fully saturated rings. The molecule has 0 aliphatic carbocycles. The van der Waals surface area contributed by atoms with Crippen LogP contribution in [0.15, 0.2) is 12.1 Å². The first-order chi connectivity index (χ1) is 9.08. The van der Waals surface area contributed by atoms with E-state index in [1.165, 1.54) is 6.07 Å². The maximum atomic E-state index is 13.5. The average Bonchev–Trinajstić information content (AvgIpc) is 2.39. The summed E-state index contributed by atoms with van der Waals surface area (Å²) in [6.45, 7) is 2.19. The van der Waals surface area contributed by atoms with Gasteiger partial charge in [-0.3, -0.25) is 4.79 Å². The van der Waals surface area contributed by atoms with Crippen LogP contribution in [0.5, 0.6) is 0 Å². The van der Waals surface area contributed by atoms with Crippen molar-refractivity contribution in [3.05, 3.63) is 29.1 Å². The molecule has 102 valence electrons. The molecule has 0 bridgehead atoms. The van der Waals surface area contributed by atoms with Crippen LogP contribution in [0.1, 0.15) is 36.8 Å². The molecule has 0 aromatic heterocycles. The van der Waals surface area contributed by atoms with Crippen molar-refractivity contribution < 1.29 is 9.18 Å².